The number of nitrogens with zero attached hydrogens (tertiary/aromatic N) is 1. The van der Waals surface area contributed by atoms with E-state index in [2.05, 4.69) is 10.5 Å². The van der Waals surface area contributed by atoms with Gasteiger partial charge >= 0.3 is 0 Å². The van der Waals surface area contributed by atoms with Crippen molar-refractivity contribution >= 4 is 23.7 Å². The van der Waals surface area contributed by atoms with Gasteiger partial charge in [0.05, 0.1) is 13.3 Å². The van der Waals surface area contributed by atoms with Gasteiger partial charge in [0.15, 0.2) is 6.61 Å². The number of rotatable bonds is 6. The summed E-state index contributed by atoms with van der Waals surface area (Å²) in [5, 5.41) is 4.47. The summed E-state index contributed by atoms with van der Waals surface area (Å²) in [5.74, 6) is 0.982. The van der Waals surface area contributed by atoms with Crippen LogP contribution in [0.5, 0.6) is 11.5 Å². The second-order valence-electron chi connectivity index (χ2n) is 4.31. The van der Waals surface area contributed by atoms with Crippen LogP contribution in [0.2, 0.25) is 5.02 Å². The Morgan fingerprint density at radius 3 is 2.41 bits per heavy atom. The minimum atomic E-state index is -0.347. The van der Waals surface area contributed by atoms with Gasteiger partial charge in [0.1, 0.15) is 11.5 Å². The summed E-state index contributed by atoms with van der Waals surface area (Å²) in [7, 11) is 1.60. The van der Waals surface area contributed by atoms with Gasteiger partial charge in [0.2, 0.25) is 0 Å². The summed E-state index contributed by atoms with van der Waals surface area (Å²) in [6.45, 7) is -0.123. The number of ether oxygens (including phenoxy) is 2. The standard InChI is InChI=1S/C16H15ClN2O3/c1-21-14-6-2-12(3-7-14)10-18-19-16(20)11-22-15-8-4-13(17)5-9-15/h2-10H,11H2,1H3,(H,19,20)/b18-10-. The summed E-state index contributed by atoms with van der Waals surface area (Å²) in [5.41, 5.74) is 3.24. The molecule has 5 nitrogen and oxygen atoms in total. The van der Waals surface area contributed by atoms with Crippen molar-refractivity contribution in [2.24, 2.45) is 5.10 Å². The first-order valence-electron chi connectivity index (χ1n) is 6.52. The molecule has 0 saturated carbocycles. The third-order valence-corrected chi connectivity index (χ3v) is 2.95. The lowest BCUT2D eigenvalue weighted by atomic mass is 10.2. The zero-order valence-corrected chi connectivity index (χ0v) is 12.7. The van der Waals surface area contributed by atoms with Crippen molar-refractivity contribution in [1.82, 2.24) is 5.43 Å². The number of benzene rings is 2. The maximum absolute atomic E-state index is 11.6. The van der Waals surface area contributed by atoms with E-state index in [1.54, 1.807) is 37.6 Å². The third kappa shape index (κ3) is 5.10. The normalized spacial score (nSPS) is 10.5. The van der Waals surface area contributed by atoms with Gasteiger partial charge in [-0.15, -0.1) is 0 Å². The van der Waals surface area contributed by atoms with Crippen molar-refractivity contribution in [3.8, 4) is 11.5 Å². The smallest absolute Gasteiger partial charge is 0.277 e. The molecular formula is C16H15ClN2O3. The van der Waals surface area contributed by atoms with E-state index in [1.165, 1.54) is 0 Å². The monoisotopic (exact) mass is 318 g/mol. The Kier molecular flexibility index (Phi) is 5.80. The van der Waals surface area contributed by atoms with Gasteiger partial charge in [-0.1, -0.05) is 11.6 Å². The fourth-order valence-corrected chi connectivity index (χ4v) is 1.71. The molecule has 0 fully saturated rings. The first kappa shape index (κ1) is 15.9. The van der Waals surface area contributed by atoms with Crippen LogP contribution in [0.15, 0.2) is 53.6 Å². The molecule has 0 spiro atoms. The Morgan fingerprint density at radius 2 is 1.77 bits per heavy atom. The molecule has 0 saturated heterocycles. The van der Waals surface area contributed by atoms with Crippen LogP contribution >= 0.6 is 11.6 Å². The van der Waals surface area contributed by atoms with Crippen LogP contribution in [0.4, 0.5) is 0 Å². The average Bonchev–Trinajstić information content (AvgIpc) is 2.55. The highest BCUT2D eigenvalue weighted by atomic mass is 35.5. The zero-order chi connectivity index (χ0) is 15.8. The molecule has 2 rings (SSSR count). The van der Waals surface area contributed by atoms with Crippen LogP contribution in [-0.2, 0) is 4.79 Å². The van der Waals surface area contributed by atoms with Crippen molar-refractivity contribution in [3.05, 3.63) is 59.1 Å². The largest absolute Gasteiger partial charge is 0.497 e. The lowest BCUT2D eigenvalue weighted by Gasteiger charge is -2.04. The van der Waals surface area contributed by atoms with Crippen LogP contribution < -0.4 is 14.9 Å². The van der Waals surface area contributed by atoms with Gasteiger partial charge in [-0.2, -0.15) is 5.10 Å². The van der Waals surface area contributed by atoms with Crippen molar-refractivity contribution in [2.45, 2.75) is 0 Å². The van der Waals surface area contributed by atoms with Gasteiger partial charge < -0.3 is 9.47 Å². The van der Waals surface area contributed by atoms with Crippen molar-refractivity contribution < 1.29 is 14.3 Å². The van der Waals surface area contributed by atoms with Gasteiger partial charge in [-0.05, 0) is 54.1 Å². The van der Waals surface area contributed by atoms with Crippen molar-refractivity contribution in [3.63, 3.8) is 0 Å². The second kappa shape index (κ2) is 8.05. The van der Waals surface area contributed by atoms with Crippen molar-refractivity contribution in [1.29, 1.82) is 0 Å². The Hall–Kier alpha value is -2.53. The van der Waals surface area contributed by atoms with Gasteiger partial charge in [-0.3, -0.25) is 4.79 Å². The van der Waals surface area contributed by atoms with Gasteiger partial charge in [0, 0.05) is 5.02 Å². The fourth-order valence-electron chi connectivity index (χ4n) is 1.58. The molecule has 0 bridgehead atoms. The molecule has 0 heterocycles. The van der Waals surface area contributed by atoms with Crippen LogP contribution in [0, 0.1) is 0 Å². The van der Waals surface area contributed by atoms with Crippen LogP contribution in [0.1, 0.15) is 5.56 Å². The molecule has 0 aliphatic carbocycles. The lowest BCUT2D eigenvalue weighted by Crippen LogP contribution is -2.24. The highest BCUT2D eigenvalue weighted by Gasteiger charge is 2.01. The van der Waals surface area contributed by atoms with Crippen LogP contribution in [0.25, 0.3) is 0 Å². The molecule has 2 aromatic rings. The van der Waals surface area contributed by atoms with E-state index in [1.807, 2.05) is 24.3 Å². The van der Waals surface area contributed by atoms with Gasteiger partial charge in [0.25, 0.3) is 5.91 Å². The maximum Gasteiger partial charge on any atom is 0.277 e. The number of methoxy groups -OCH3 is 1. The summed E-state index contributed by atoms with van der Waals surface area (Å²) >= 11 is 5.76. The summed E-state index contributed by atoms with van der Waals surface area (Å²) in [4.78, 5) is 11.6. The predicted octanol–water partition coefficient (Wildman–Crippen LogP) is 2.88. The van der Waals surface area contributed by atoms with Crippen LogP contribution in [-0.4, -0.2) is 25.8 Å². The van der Waals surface area contributed by atoms with E-state index in [-0.39, 0.29) is 12.5 Å². The van der Waals surface area contributed by atoms with Gasteiger partial charge in [-0.25, -0.2) is 5.43 Å². The Morgan fingerprint density at radius 1 is 1.14 bits per heavy atom. The molecule has 0 aromatic heterocycles. The summed E-state index contributed by atoms with van der Waals surface area (Å²) in [6.07, 6.45) is 1.54. The molecule has 0 atom stereocenters. The molecule has 1 amide bonds. The average molecular weight is 319 g/mol. The first-order valence-corrected chi connectivity index (χ1v) is 6.89. The number of nitrogens with one attached hydrogen (secondary N) is 1. The highest BCUT2D eigenvalue weighted by Crippen LogP contribution is 2.15. The number of carbonyl (C=O) groups excluding carboxylic acids is 1. The quantitative estimate of drug-likeness (QED) is 0.658. The molecule has 114 valence electrons. The van der Waals surface area contributed by atoms with Crippen molar-refractivity contribution in [2.75, 3.05) is 13.7 Å². The van der Waals surface area contributed by atoms with E-state index < -0.39 is 0 Å². The zero-order valence-electron chi connectivity index (χ0n) is 12.0. The summed E-state index contributed by atoms with van der Waals surface area (Å²) < 4.78 is 10.3. The number of halogens is 1. The van der Waals surface area contributed by atoms with E-state index in [4.69, 9.17) is 21.1 Å². The molecular weight excluding hydrogens is 304 g/mol. The Labute approximate surface area is 133 Å². The maximum atomic E-state index is 11.6. The predicted molar refractivity (Wildman–Crippen MR) is 85.7 cm³/mol. The molecule has 0 aliphatic rings. The van der Waals surface area contributed by atoms with E-state index in [0.717, 1.165) is 11.3 Å². The fraction of sp³-hybridized carbons (Fsp3) is 0.125. The SMILES string of the molecule is COc1ccc(/C=N\NC(=O)COc2ccc(Cl)cc2)cc1. The van der Waals surface area contributed by atoms with E-state index >= 15 is 0 Å². The Bertz CT molecular complexity index is 639. The number of hydrogen-bond acceptors (Lipinski definition) is 4. The highest BCUT2D eigenvalue weighted by molar-refractivity contribution is 6.30. The number of carbonyl (C=O) groups is 1. The topological polar surface area (TPSA) is 59.9 Å². The number of hydrazone groups is 1. The molecule has 0 unspecified atom stereocenters. The molecule has 0 radical (unpaired) electrons. The Balaban J connectivity index is 1.76. The summed E-state index contributed by atoms with van der Waals surface area (Å²) in [6, 6.07) is 14.1. The third-order valence-electron chi connectivity index (χ3n) is 2.70. The minimum absolute atomic E-state index is 0.123. The van der Waals surface area contributed by atoms with E-state index in [9.17, 15) is 4.79 Å². The molecule has 0 aliphatic heterocycles. The van der Waals surface area contributed by atoms with E-state index in [0.29, 0.717) is 10.8 Å². The molecule has 1 N–H and O–H groups in total. The first-order chi connectivity index (χ1) is 10.7. The molecule has 6 heteroatoms. The molecule has 2 aromatic carbocycles. The minimum Gasteiger partial charge on any atom is -0.497 e. The number of amides is 1. The lowest BCUT2D eigenvalue weighted by molar-refractivity contribution is -0.123. The molecule has 22 heavy (non-hydrogen) atoms. The van der Waals surface area contributed by atoms with Crippen LogP contribution in [0.3, 0.4) is 0 Å². The second-order valence-corrected chi connectivity index (χ2v) is 4.75. The number of hydrogen-bond donors (Lipinski definition) is 1.